The van der Waals surface area contributed by atoms with Gasteiger partial charge in [0.25, 0.3) is 0 Å². The zero-order chi connectivity index (χ0) is 13.9. The Balaban J connectivity index is 2.24. The second kappa shape index (κ2) is 5.74. The van der Waals surface area contributed by atoms with E-state index in [0.29, 0.717) is 12.0 Å². The molecule has 0 bridgehead atoms. The molecule has 1 aliphatic rings. The highest BCUT2D eigenvalue weighted by Gasteiger charge is 2.22. The van der Waals surface area contributed by atoms with Gasteiger partial charge in [0.1, 0.15) is 4.90 Å². The van der Waals surface area contributed by atoms with Gasteiger partial charge in [-0.15, -0.1) is 0 Å². The molecule has 0 spiro atoms. The number of rotatable bonds is 3. The molecule has 0 aliphatic heterocycles. The van der Waals surface area contributed by atoms with Crippen LogP contribution in [0.3, 0.4) is 0 Å². The number of nitriles is 1. The van der Waals surface area contributed by atoms with Crippen LogP contribution in [0.1, 0.15) is 24.8 Å². The van der Waals surface area contributed by atoms with Gasteiger partial charge in [0.2, 0.25) is 10.0 Å². The minimum Gasteiger partial charge on any atom is -0.208 e. The molecule has 1 unspecified atom stereocenters. The quantitative estimate of drug-likeness (QED) is 0.872. The molecule has 0 fully saturated rings. The first-order valence-electron chi connectivity index (χ1n) is 5.90. The van der Waals surface area contributed by atoms with Crippen molar-refractivity contribution in [3.05, 3.63) is 40.9 Å². The van der Waals surface area contributed by atoms with Crippen LogP contribution in [0.25, 0.3) is 0 Å². The van der Waals surface area contributed by atoms with Gasteiger partial charge in [-0.2, -0.15) is 5.26 Å². The molecule has 100 valence electrons. The number of nitrogens with one attached hydrogen (secondary N) is 1. The average molecular weight is 297 g/mol. The highest BCUT2D eigenvalue weighted by atomic mass is 35.5. The molecule has 0 radical (unpaired) electrons. The second-order valence-corrected chi connectivity index (χ2v) is 6.45. The number of hydrogen-bond donors (Lipinski definition) is 1. The number of sulfonamides is 1. The predicted octanol–water partition coefficient (Wildman–Crippen LogP) is 2.60. The van der Waals surface area contributed by atoms with Crippen molar-refractivity contribution < 1.29 is 8.42 Å². The van der Waals surface area contributed by atoms with E-state index in [4.69, 9.17) is 16.9 Å². The van der Waals surface area contributed by atoms with E-state index in [1.54, 1.807) is 0 Å². The average Bonchev–Trinajstić information content (AvgIpc) is 2.38. The molecule has 0 amide bonds. The molecular weight excluding hydrogens is 284 g/mol. The molecule has 0 saturated heterocycles. The summed E-state index contributed by atoms with van der Waals surface area (Å²) < 4.78 is 27.1. The predicted molar refractivity (Wildman–Crippen MR) is 73.3 cm³/mol. The normalized spacial score (nSPS) is 19.1. The van der Waals surface area contributed by atoms with Crippen molar-refractivity contribution in [1.82, 2.24) is 4.72 Å². The number of hydrogen-bond acceptors (Lipinski definition) is 3. The Morgan fingerprint density at radius 2 is 2.16 bits per heavy atom. The maximum atomic E-state index is 12.2. The topological polar surface area (TPSA) is 70.0 Å². The third kappa shape index (κ3) is 3.35. The molecule has 6 heteroatoms. The van der Waals surface area contributed by atoms with Crippen LogP contribution < -0.4 is 4.72 Å². The highest BCUT2D eigenvalue weighted by molar-refractivity contribution is 7.89. The van der Waals surface area contributed by atoms with Gasteiger partial charge in [0, 0.05) is 6.04 Å². The third-order valence-corrected chi connectivity index (χ3v) is 4.94. The summed E-state index contributed by atoms with van der Waals surface area (Å²) in [5, 5.41) is 8.80. The van der Waals surface area contributed by atoms with Crippen molar-refractivity contribution in [2.75, 3.05) is 0 Å². The van der Waals surface area contributed by atoms with Crippen molar-refractivity contribution in [3.8, 4) is 6.07 Å². The lowest BCUT2D eigenvalue weighted by Gasteiger charge is -2.19. The van der Waals surface area contributed by atoms with Gasteiger partial charge in [0.15, 0.2) is 0 Å². The summed E-state index contributed by atoms with van der Waals surface area (Å²) >= 11 is 5.93. The van der Waals surface area contributed by atoms with Gasteiger partial charge >= 0.3 is 0 Å². The Morgan fingerprint density at radius 1 is 1.37 bits per heavy atom. The number of benzene rings is 1. The van der Waals surface area contributed by atoms with E-state index < -0.39 is 10.0 Å². The van der Waals surface area contributed by atoms with Gasteiger partial charge in [-0.3, -0.25) is 0 Å². The smallest absolute Gasteiger partial charge is 0.208 e. The Kier molecular flexibility index (Phi) is 4.25. The molecular formula is C13H13ClN2O2S. The maximum absolute atomic E-state index is 12.2. The molecule has 1 N–H and O–H groups in total. The maximum Gasteiger partial charge on any atom is 0.242 e. The monoisotopic (exact) mass is 296 g/mol. The number of nitrogens with zero attached hydrogens (tertiary/aromatic N) is 1. The van der Waals surface area contributed by atoms with Crippen molar-refractivity contribution in [1.29, 1.82) is 5.26 Å². The van der Waals surface area contributed by atoms with Gasteiger partial charge in [-0.1, -0.05) is 23.8 Å². The van der Waals surface area contributed by atoms with Crippen molar-refractivity contribution >= 4 is 21.6 Å². The lowest BCUT2D eigenvalue weighted by atomic mass is 10.0. The minimum atomic E-state index is -3.64. The van der Waals surface area contributed by atoms with Crippen LogP contribution in [0.2, 0.25) is 5.02 Å². The first-order chi connectivity index (χ1) is 9.03. The SMILES string of the molecule is N#Cc1ccc(S(=O)(=O)NC2CC=CCC2)c(Cl)c1. The number of allylic oxidation sites excluding steroid dienone is 1. The largest absolute Gasteiger partial charge is 0.242 e. The van der Waals surface area contributed by atoms with Crippen LogP contribution in [0.15, 0.2) is 35.2 Å². The summed E-state index contributed by atoms with van der Waals surface area (Å²) in [6, 6.07) is 5.99. The highest BCUT2D eigenvalue weighted by Crippen LogP contribution is 2.23. The van der Waals surface area contributed by atoms with Gasteiger partial charge in [0.05, 0.1) is 16.7 Å². The van der Waals surface area contributed by atoms with Gasteiger partial charge in [-0.05, 0) is 37.5 Å². The molecule has 1 aromatic rings. The first kappa shape index (κ1) is 14.1. The summed E-state index contributed by atoms with van der Waals surface area (Å²) in [5.41, 5.74) is 0.338. The molecule has 1 aromatic carbocycles. The Hall–Kier alpha value is -1.35. The van der Waals surface area contributed by atoms with E-state index in [-0.39, 0.29) is 16.0 Å². The van der Waals surface area contributed by atoms with E-state index in [2.05, 4.69) is 4.72 Å². The lowest BCUT2D eigenvalue weighted by Crippen LogP contribution is -2.35. The van der Waals surface area contributed by atoms with E-state index in [1.165, 1.54) is 18.2 Å². The van der Waals surface area contributed by atoms with Crippen molar-refractivity contribution in [2.24, 2.45) is 0 Å². The number of halogens is 1. The molecule has 1 atom stereocenters. The first-order valence-corrected chi connectivity index (χ1v) is 7.76. The molecule has 0 aromatic heterocycles. The fourth-order valence-electron chi connectivity index (χ4n) is 1.97. The summed E-state index contributed by atoms with van der Waals surface area (Å²) in [5.74, 6) is 0. The zero-order valence-electron chi connectivity index (χ0n) is 10.1. The van der Waals surface area contributed by atoms with Gasteiger partial charge < -0.3 is 0 Å². The molecule has 1 aliphatic carbocycles. The Bertz CT molecular complexity index is 647. The zero-order valence-corrected chi connectivity index (χ0v) is 11.7. The molecule has 19 heavy (non-hydrogen) atoms. The van der Waals surface area contributed by atoms with Crippen LogP contribution in [0, 0.1) is 11.3 Å². The van der Waals surface area contributed by atoms with Crippen LogP contribution in [-0.4, -0.2) is 14.5 Å². The molecule has 0 heterocycles. The summed E-state index contributed by atoms with van der Waals surface area (Å²) in [6.07, 6.45) is 6.35. The van der Waals surface area contributed by atoms with E-state index in [1.807, 2.05) is 18.2 Å². The van der Waals surface area contributed by atoms with Crippen LogP contribution in [0.4, 0.5) is 0 Å². The molecule has 4 nitrogen and oxygen atoms in total. The lowest BCUT2D eigenvalue weighted by molar-refractivity contribution is 0.522. The molecule has 2 rings (SSSR count). The second-order valence-electron chi connectivity index (χ2n) is 4.36. The van der Waals surface area contributed by atoms with E-state index in [0.717, 1.165) is 12.8 Å². The fraction of sp³-hybridized carbons (Fsp3) is 0.308. The summed E-state index contributed by atoms with van der Waals surface area (Å²) in [4.78, 5) is 0.0164. The van der Waals surface area contributed by atoms with E-state index >= 15 is 0 Å². The van der Waals surface area contributed by atoms with Gasteiger partial charge in [-0.25, -0.2) is 13.1 Å². The standard InChI is InChI=1S/C13H13ClN2O2S/c14-12-8-10(9-15)6-7-13(12)19(17,18)16-11-4-2-1-3-5-11/h1-2,6-8,11,16H,3-5H2. The van der Waals surface area contributed by atoms with Crippen molar-refractivity contribution in [3.63, 3.8) is 0 Å². The molecule has 0 saturated carbocycles. The third-order valence-electron chi connectivity index (χ3n) is 2.94. The Labute approximate surface area is 117 Å². The van der Waals surface area contributed by atoms with E-state index in [9.17, 15) is 8.42 Å². The summed E-state index contributed by atoms with van der Waals surface area (Å²) in [7, 11) is -3.64. The minimum absolute atomic E-state index is 0.0164. The Morgan fingerprint density at radius 3 is 2.74 bits per heavy atom. The summed E-state index contributed by atoms with van der Waals surface area (Å²) in [6.45, 7) is 0. The van der Waals surface area contributed by atoms with Crippen LogP contribution in [-0.2, 0) is 10.0 Å². The van der Waals surface area contributed by atoms with Crippen molar-refractivity contribution in [2.45, 2.75) is 30.2 Å². The van der Waals surface area contributed by atoms with Crippen LogP contribution in [0.5, 0.6) is 0 Å². The fourth-order valence-corrected chi connectivity index (χ4v) is 3.80. The van der Waals surface area contributed by atoms with Crippen LogP contribution >= 0.6 is 11.6 Å².